The average Bonchev–Trinajstić information content (AvgIpc) is 2.93. The number of hydrogen-bond donors (Lipinski definition) is 2. The van der Waals surface area contributed by atoms with E-state index in [2.05, 4.69) is 25.7 Å². The highest BCUT2D eigenvalue weighted by molar-refractivity contribution is 14.0. The summed E-state index contributed by atoms with van der Waals surface area (Å²) in [5, 5.41) is 11.2. The molecule has 0 atom stereocenters. The molecule has 126 valence electrons. The van der Waals surface area contributed by atoms with Crippen LogP contribution in [0.25, 0.3) is 0 Å². The second kappa shape index (κ2) is 10.4. The number of pyridine rings is 1. The van der Waals surface area contributed by atoms with Crippen molar-refractivity contribution < 1.29 is 0 Å². The third-order valence-corrected chi connectivity index (χ3v) is 3.41. The Morgan fingerprint density at radius 2 is 1.87 bits per heavy atom. The predicted octanol–water partition coefficient (Wildman–Crippen LogP) is 2.04. The third kappa shape index (κ3) is 7.17. The molecule has 0 saturated carbocycles. The predicted molar refractivity (Wildman–Crippen MR) is 105 cm³/mol. The molecule has 2 N–H and O–H groups in total. The highest BCUT2D eigenvalue weighted by Gasteiger charge is 2.00. The lowest BCUT2D eigenvalue weighted by Gasteiger charge is -2.11. The summed E-state index contributed by atoms with van der Waals surface area (Å²) in [5.41, 5.74) is 2.35. The van der Waals surface area contributed by atoms with E-state index in [0.29, 0.717) is 5.15 Å². The number of nitrogens with zero attached hydrogens (tertiary/aromatic N) is 4. The van der Waals surface area contributed by atoms with Crippen LogP contribution in [0.5, 0.6) is 0 Å². The number of aryl methyl sites for hydroxylation is 1. The lowest BCUT2D eigenvalue weighted by Crippen LogP contribution is -2.39. The largest absolute Gasteiger partial charge is 0.356 e. The molecule has 0 spiro atoms. The topological polar surface area (TPSA) is 67.1 Å². The molecule has 0 aliphatic heterocycles. The normalized spacial score (nSPS) is 11.0. The van der Waals surface area contributed by atoms with Gasteiger partial charge in [0, 0.05) is 39.6 Å². The van der Waals surface area contributed by atoms with Crippen LogP contribution in [0.3, 0.4) is 0 Å². The fraction of sp³-hybridized carbons (Fsp3) is 0.400. The highest BCUT2D eigenvalue weighted by atomic mass is 127. The van der Waals surface area contributed by atoms with Crippen molar-refractivity contribution in [3.63, 3.8) is 0 Å². The maximum absolute atomic E-state index is 5.77. The van der Waals surface area contributed by atoms with Gasteiger partial charge in [-0.05, 0) is 30.0 Å². The first-order valence-corrected chi connectivity index (χ1v) is 7.57. The maximum atomic E-state index is 5.77. The van der Waals surface area contributed by atoms with Gasteiger partial charge in [0.25, 0.3) is 0 Å². The van der Waals surface area contributed by atoms with Crippen LogP contribution in [0.2, 0.25) is 5.15 Å². The molecular formula is C15H22ClIN6. The van der Waals surface area contributed by atoms with Crippen LogP contribution >= 0.6 is 35.6 Å². The van der Waals surface area contributed by atoms with E-state index in [0.717, 1.165) is 37.5 Å². The van der Waals surface area contributed by atoms with E-state index in [9.17, 15) is 0 Å². The number of aromatic nitrogens is 3. The molecule has 0 amide bonds. The number of nitrogens with one attached hydrogen (secondary N) is 2. The minimum atomic E-state index is 0. The van der Waals surface area contributed by atoms with Crippen molar-refractivity contribution in [3.05, 3.63) is 47.0 Å². The average molecular weight is 449 g/mol. The van der Waals surface area contributed by atoms with Gasteiger partial charge in [0.05, 0.1) is 6.20 Å². The van der Waals surface area contributed by atoms with Gasteiger partial charge in [-0.1, -0.05) is 17.7 Å². The fourth-order valence-electron chi connectivity index (χ4n) is 2.03. The number of halogens is 2. The second-order valence-electron chi connectivity index (χ2n) is 4.94. The zero-order chi connectivity index (χ0) is 15.8. The Balaban J connectivity index is 0.00000264. The number of aliphatic imine (C=N–C) groups is 1. The van der Waals surface area contributed by atoms with E-state index in [4.69, 9.17) is 11.6 Å². The SMILES string of the molecule is CN=C(NCCc1ccc(Cl)nc1)NCCc1cnn(C)c1.I. The number of hydrogen-bond acceptors (Lipinski definition) is 3. The highest BCUT2D eigenvalue weighted by Crippen LogP contribution is 2.05. The minimum absolute atomic E-state index is 0. The summed E-state index contributed by atoms with van der Waals surface area (Å²) >= 11 is 5.77. The number of guanidine groups is 1. The van der Waals surface area contributed by atoms with Gasteiger partial charge in [0.1, 0.15) is 5.15 Å². The van der Waals surface area contributed by atoms with Gasteiger partial charge in [-0.2, -0.15) is 5.10 Å². The van der Waals surface area contributed by atoms with Crippen LogP contribution in [0, 0.1) is 0 Å². The molecule has 2 aromatic heterocycles. The van der Waals surface area contributed by atoms with Gasteiger partial charge >= 0.3 is 0 Å². The molecule has 6 nitrogen and oxygen atoms in total. The van der Waals surface area contributed by atoms with Gasteiger partial charge in [-0.25, -0.2) is 4.98 Å². The van der Waals surface area contributed by atoms with Crippen molar-refractivity contribution in [1.82, 2.24) is 25.4 Å². The van der Waals surface area contributed by atoms with Crippen LogP contribution in [-0.2, 0) is 19.9 Å². The molecule has 0 saturated heterocycles. The molecule has 23 heavy (non-hydrogen) atoms. The van der Waals surface area contributed by atoms with Crippen molar-refractivity contribution in [1.29, 1.82) is 0 Å². The molecule has 0 fully saturated rings. The summed E-state index contributed by atoms with van der Waals surface area (Å²) in [7, 11) is 3.69. The molecule has 2 heterocycles. The molecular weight excluding hydrogens is 427 g/mol. The summed E-state index contributed by atoms with van der Waals surface area (Å²) in [6, 6.07) is 3.79. The smallest absolute Gasteiger partial charge is 0.190 e. The Bertz CT molecular complexity index is 611. The van der Waals surface area contributed by atoms with Crippen LogP contribution in [-0.4, -0.2) is 40.9 Å². The molecule has 0 bridgehead atoms. The van der Waals surface area contributed by atoms with Gasteiger partial charge in [0.15, 0.2) is 5.96 Å². The van der Waals surface area contributed by atoms with Gasteiger partial charge < -0.3 is 10.6 Å². The maximum Gasteiger partial charge on any atom is 0.190 e. The third-order valence-electron chi connectivity index (χ3n) is 3.18. The molecule has 0 aliphatic rings. The van der Waals surface area contributed by atoms with Crippen LogP contribution in [0.4, 0.5) is 0 Å². The summed E-state index contributed by atoms with van der Waals surface area (Å²) in [5.74, 6) is 0.797. The van der Waals surface area contributed by atoms with E-state index in [1.165, 1.54) is 5.56 Å². The summed E-state index contributed by atoms with van der Waals surface area (Å²) in [6.07, 6.45) is 7.47. The Morgan fingerprint density at radius 1 is 1.17 bits per heavy atom. The monoisotopic (exact) mass is 448 g/mol. The zero-order valence-electron chi connectivity index (χ0n) is 13.3. The second-order valence-corrected chi connectivity index (χ2v) is 5.32. The van der Waals surface area contributed by atoms with E-state index < -0.39 is 0 Å². The van der Waals surface area contributed by atoms with Gasteiger partial charge in [-0.15, -0.1) is 24.0 Å². The Hall–Kier alpha value is -1.35. The van der Waals surface area contributed by atoms with Crippen molar-refractivity contribution >= 4 is 41.5 Å². The van der Waals surface area contributed by atoms with Crippen LogP contribution < -0.4 is 10.6 Å². The molecule has 2 aromatic rings. The van der Waals surface area contributed by atoms with E-state index >= 15 is 0 Å². The first kappa shape index (κ1) is 19.7. The lowest BCUT2D eigenvalue weighted by molar-refractivity contribution is 0.764. The summed E-state index contributed by atoms with van der Waals surface area (Å²) in [4.78, 5) is 8.27. The van der Waals surface area contributed by atoms with Crippen LogP contribution in [0.15, 0.2) is 35.7 Å². The van der Waals surface area contributed by atoms with Crippen molar-refractivity contribution in [2.75, 3.05) is 20.1 Å². The molecule has 0 aromatic carbocycles. The van der Waals surface area contributed by atoms with Crippen molar-refractivity contribution in [3.8, 4) is 0 Å². The standard InChI is InChI=1S/C15H21ClN6.HI/c1-17-15(19-8-6-13-10-21-22(2)11-13)18-7-5-12-3-4-14(16)20-9-12;/h3-4,9-11H,5-8H2,1-2H3,(H2,17,18,19);1H. The van der Waals surface area contributed by atoms with Crippen LogP contribution in [0.1, 0.15) is 11.1 Å². The van der Waals surface area contributed by atoms with Gasteiger partial charge in [-0.3, -0.25) is 9.67 Å². The Labute approximate surface area is 158 Å². The summed E-state index contributed by atoms with van der Waals surface area (Å²) < 4.78 is 1.81. The molecule has 8 heteroatoms. The van der Waals surface area contributed by atoms with Crippen molar-refractivity contribution in [2.45, 2.75) is 12.8 Å². The fourth-order valence-corrected chi connectivity index (χ4v) is 2.14. The molecule has 0 aliphatic carbocycles. The Kier molecular flexibility index (Phi) is 8.93. The minimum Gasteiger partial charge on any atom is -0.356 e. The molecule has 0 unspecified atom stereocenters. The zero-order valence-corrected chi connectivity index (χ0v) is 16.4. The molecule has 0 radical (unpaired) electrons. The van der Waals surface area contributed by atoms with Crippen molar-refractivity contribution in [2.24, 2.45) is 12.0 Å². The van der Waals surface area contributed by atoms with E-state index in [1.54, 1.807) is 19.3 Å². The van der Waals surface area contributed by atoms with E-state index in [-0.39, 0.29) is 24.0 Å². The number of rotatable bonds is 6. The van der Waals surface area contributed by atoms with Gasteiger partial charge in [0.2, 0.25) is 0 Å². The first-order valence-electron chi connectivity index (χ1n) is 7.20. The summed E-state index contributed by atoms with van der Waals surface area (Å²) in [6.45, 7) is 1.60. The Morgan fingerprint density at radius 3 is 2.39 bits per heavy atom. The first-order chi connectivity index (χ1) is 10.7. The van der Waals surface area contributed by atoms with E-state index in [1.807, 2.05) is 30.2 Å². The quantitative estimate of drug-likeness (QED) is 0.307. The molecule has 2 rings (SSSR count). The lowest BCUT2D eigenvalue weighted by atomic mass is 10.2.